The normalized spacial score (nSPS) is 15.4. The van der Waals surface area contributed by atoms with Crippen LogP contribution < -0.4 is 24.0 Å². The number of rotatable bonds is 8. The van der Waals surface area contributed by atoms with Gasteiger partial charge in [0.1, 0.15) is 0 Å². The molecule has 1 aliphatic rings. The topological polar surface area (TPSA) is 52.5 Å². The van der Waals surface area contributed by atoms with Gasteiger partial charge in [-0.1, -0.05) is 35.9 Å². The molecule has 0 bridgehead atoms. The van der Waals surface area contributed by atoms with Crippen molar-refractivity contribution in [2.45, 2.75) is 12.5 Å². The molecule has 0 fully saturated rings. The van der Waals surface area contributed by atoms with Gasteiger partial charge in [-0.15, -0.1) is 0 Å². The van der Waals surface area contributed by atoms with Crippen LogP contribution in [-0.4, -0.2) is 34.2 Å². The minimum absolute atomic E-state index is 0.0851. The quantitative estimate of drug-likeness (QED) is 0.375. The monoisotopic (exact) mass is 478 g/mol. The van der Waals surface area contributed by atoms with Gasteiger partial charge in [0.25, 0.3) is 0 Å². The third-order valence-electron chi connectivity index (χ3n) is 5.71. The molecule has 34 heavy (non-hydrogen) atoms. The van der Waals surface area contributed by atoms with Gasteiger partial charge in [-0.25, -0.2) is 0 Å². The molecule has 0 N–H and O–H groups in total. The van der Waals surface area contributed by atoms with Gasteiger partial charge in [-0.05, 0) is 48.6 Å². The zero-order valence-electron chi connectivity index (χ0n) is 19.6. The molecule has 0 spiro atoms. The minimum Gasteiger partial charge on any atom is -0.493 e. The second kappa shape index (κ2) is 10.5. The van der Waals surface area contributed by atoms with Crippen LogP contribution in [0.2, 0.25) is 5.02 Å². The van der Waals surface area contributed by atoms with Crippen LogP contribution in [-0.2, 0) is 0 Å². The van der Waals surface area contributed by atoms with Gasteiger partial charge in [-0.2, -0.15) is 5.10 Å². The highest BCUT2D eigenvalue weighted by molar-refractivity contribution is 6.30. The van der Waals surface area contributed by atoms with Crippen LogP contribution in [0, 0.1) is 0 Å². The third-order valence-corrected chi connectivity index (χ3v) is 5.96. The Morgan fingerprint density at radius 1 is 0.794 bits per heavy atom. The van der Waals surface area contributed by atoms with Crippen molar-refractivity contribution in [1.82, 2.24) is 0 Å². The van der Waals surface area contributed by atoms with E-state index >= 15 is 0 Å². The maximum absolute atomic E-state index is 6.13. The largest absolute Gasteiger partial charge is 0.493 e. The molecule has 0 saturated heterocycles. The highest BCUT2D eigenvalue weighted by atomic mass is 35.5. The van der Waals surface area contributed by atoms with E-state index in [1.807, 2.05) is 77.8 Å². The van der Waals surface area contributed by atoms with Gasteiger partial charge in [0.05, 0.1) is 45.9 Å². The van der Waals surface area contributed by atoms with Crippen molar-refractivity contribution >= 4 is 29.1 Å². The minimum atomic E-state index is -0.0851. The maximum Gasteiger partial charge on any atom is 0.167 e. The molecule has 0 amide bonds. The summed E-state index contributed by atoms with van der Waals surface area (Å²) >= 11 is 6.13. The van der Waals surface area contributed by atoms with Gasteiger partial charge < -0.3 is 18.9 Å². The number of anilines is 1. The lowest BCUT2D eigenvalue weighted by Gasteiger charge is -2.26. The average molecular weight is 479 g/mol. The summed E-state index contributed by atoms with van der Waals surface area (Å²) in [6.45, 7) is 0. The second-order valence-corrected chi connectivity index (χ2v) is 8.07. The van der Waals surface area contributed by atoms with E-state index in [0.29, 0.717) is 34.4 Å². The predicted octanol–water partition coefficient (Wildman–Crippen LogP) is 6.40. The van der Waals surface area contributed by atoms with E-state index in [1.54, 1.807) is 28.4 Å². The van der Waals surface area contributed by atoms with Crippen molar-refractivity contribution < 1.29 is 18.9 Å². The molecular weight excluding hydrogens is 452 g/mol. The van der Waals surface area contributed by atoms with Crippen LogP contribution >= 0.6 is 11.6 Å². The zero-order chi connectivity index (χ0) is 24.1. The Kier molecular flexibility index (Phi) is 7.28. The number of para-hydroxylation sites is 2. The molecule has 176 valence electrons. The molecule has 1 atom stereocenters. The average Bonchev–Trinajstić information content (AvgIpc) is 3.30. The summed E-state index contributed by atoms with van der Waals surface area (Å²) in [4.78, 5) is 0. The maximum atomic E-state index is 6.13. The van der Waals surface area contributed by atoms with Crippen LogP contribution in [0.3, 0.4) is 0 Å². The Labute approximate surface area is 205 Å². The number of methoxy groups -OCH3 is 4. The number of benzene rings is 3. The van der Waals surface area contributed by atoms with E-state index in [2.05, 4.69) is 0 Å². The van der Waals surface area contributed by atoms with Gasteiger partial charge in [-0.3, -0.25) is 5.01 Å². The predicted molar refractivity (Wildman–Crippen MR) is 137 cm³/mol. The second-order valence-electron chi connectivity index (χ2n) is 7.63. The van der Waals surface area contributed by atoms with Crippen molar-refractivity contribution in [3.63, 3.8) is 0 Å². The van der Waals surface area contributed by atoms with E-state index < -0.39 is 0 Å². The number of allylic oxidation sites excluding steroid dienone is 1. The molecule has 0 radical (unpaired) electrons. The highest BCUT2D eigenvalue weighted by Crippen LogP contribution is 2.43. The van der Waals surface area contributed by atoms with Crippen molar-refractivity contribution in [3.05, 3.63) is 82.9 Å². The Hall–Kier alpha value is -3.64. The lowest BCUT2D eigenvalue weighted by atomic mass is 9.99. The van der Waals surface area contributed by atoms with E-state index in [-0.39, 0.29) is 6.04 Å². The molecule has 1 unspecified atom stereocenters. The van der Waals surface area contributed by atoms with Gasteiger partial charge in [0, 0.05) is 22.6 Å². The fourth-order valence-electron chi connectivity index (χ4n) is 4.11. The summed E-state index contributed by atoms with van der Waals surface area (Å²) in [5.74, 6) is 2.74. The molecule has 3 aromatic carbocycles. The van der Waals surface area contributed by atoms with E-state index in [4.69, 9.17) is 35.6 Å². The first kappa shape index (κ1) is 23.5. The molecule has 6 nitrogen and oxygen atoms in total. The Bertz CT molecular complexity index is 1210. The van der Waals surface area contributed by atoms with Crippen LogP contribution in [0.4, 0.5) is 5.69 Å². The Morgan fingerprint density at radius 2 is 1.44 bits per heavy atom. The summed E-state index contributed by atoms with van der Waals surface area (Å²) in [6, 6.07) is 19.2. The number of ether oxygens (including phenoxy) is 4. The highest BCUT2D eigenvalue weighted by Gasteiger charge is 2.31. The number of halogens is 1. The van der Waals surface area contributed by atoms with E-state index in [0.717, 1.165) is 22.5 Å². The fraction of sp³-hybridized carbons (Fsp3) is 0.222. The SMILES string of the molecule is COc1cccc(C=CC2=NN(c3ccc(Cl)cc3)C(c3cccc(OC)c3OC)C2)c1OC. The summed E-state index contributed by atoms with van der Waals surface area (Å²) < 4.78 is 22.2. The van der Waals surface area contributed by atoms with E-state index in [1.165, 1.54) is 0 Å². The first-order valence-corrected chi connectivity index (χ1v) is 11.2. The lowest BCUT2D eigenvalue weighted by molar-refractivity contribution is 0.349. The Balaban J connectivity index is 1.73. The molecule has 1 aliphatic heterocycles. The first-order valence-electron chi connectivity index (χ1n) is 10.8. The molecule has 4 rings (SSSR count). The molecule has 1 heterocycles. The number of nitrogens with zero attached hydrogens (tertiary/aromatic N) is 2. The summed E-state index contributed by atoms with van der Waals surface area (Å²) in [5, 5.41) is 7.61. The van der Waals surface area contributed by atoms with Crippen molar-refractivity contribution in [2.24, 2.45) is 5.10 Å². The van der Waals surface area contributed by atoms with Crippen LogP contribution in [0.15, 0.2) is 71.8 Å². The van der Waals surface area contributed by atoms with E-state index in [9.17, 15) is 0 Å². The zero-order valence-corrected chi connectivity index (χ0v) is 20.4. The van der Waals surface area contributed by atoms with Crippen molar-refractivity contribution in [3.8, 4) is 23.0 Å². The lowest BCUT2D eigenvalue weighted by Crippen LogP contribution is -2.19. The molecule has 0 aromatic heterocycles. The summed E-state index contributed by atoms with van der Waals surface area (Å²) in [5.41, 5.74) is 3.74. The molecule has 0 saturated carbocycles. The van der Waals surface area contributed by atoms with Gasteiger partial charge in [0.15, 0.2) is 23.0 Å². The molecular formula is C27H27ClN2O4. The first-order chi connectivity index (χ1) is 16.6. The molecule has 3 aromatic rings. The molecule has 0 aliphatic carbocycles. The fourth-order valence-corrected chi connectivity index (χ4v) is 4.24. The smallest absolute Gasteiger partial charge is 0.167 e. The van der Waals surface area contributed by atoms with Gasteiger partial charge >= 0.3 is 0 Å². The Morgan fingerprint density at radius 3 is 2.09 bits per heavy atom. The number of hydrogen-bond acceptors (Lipinski definition) is 6. The van der Waals surface area contributed by atoms with Crippen molar-refractivity contribution in [1.29, 1.82) is 0 Å². The van der Waals surface area contributed by atoms with Gasteiger partial charge in [0.2, 0.25) is 0 Å². The van der Waals surface area contributed by atoms with Crippen LogP contribution in [0.1, 0.15) is 23.6 Å². The summed E-state index contributed by atoms with van der Waals surface area (Å²) in [7, 11) is 6.55. The third kappa shape index (κ3) is 4.68. The number of hydrogen-bond donors (Lipinski definition) is 0. The van der Waals surface area contributed by atoms with Crippen molar-refractivity contribution in [2.75, 3.05) is 33.4 Å². The summed E-state index contributed by atoms with van der Waals surface area (Å²) in [6.07, 6.45) is 4.67. The van der Waals surface area contributed by atoms with Crippen LogP contribution in [0.25, 0.3) is 6.08 Å². The molecule has 7 heteroatoms. The van der Waals surface area contributed by atoms with Crippen LogP contribution in [0.5, 0.6) is 23.0 Å². The number of hydrazone groups is 1. The standard InChI is InChI=1S/C27H27ClN2O4/c1-31-24-9-5-7-18(26(24)33-3)11-14-20-17-23(22-8-6-10-25(32-2)27(22)34-4)30(29-20)21-15-12-19(28)13-16-21/h5-16,23H,17H2,1-4H3.